The van der Waals surface area contributed by atoms with Gasteiger partial charge in [-0.05, 0) is 38.3 Å². The van der Waals surface area contributed by atoms with Gasteiger partial charge in [-0.3, -0.25) is 0 Å². The first kappa shape index (κ1) is 17.3. The van der Waals surface area contributed by atoms with Crippen LogP contribution in [-0.4, -0.2) is 24.1 Å². The number of unbranched alkanes of at least 4 members (excludes halogenated alkanes) is 1. The molecular formula is C16H33N3O. The fourth-order valence-corrected chi connectivity index (χ4v) is 2.99. The Morgan fingerprint density at radius 2 is 1.90 bits per heavy atom. The van der Waals surface area contributed by atoms with Gasteiger partial charge in [-0.1, -0.05) is 57.5 Å². The zero-order valence-electron chi connectivity index (χ0n) is 13.3. The molecule has 1 aliphatic rings. The van der Waals surface area contributed by atoms with Crippen LogP contribution in [0.1, 0.15) is 71.6 Å². The van der Waals surface area contributed by atoms with Crippen molar-refractivity contribution < 1.29 is 5.21 Å². The lowest BCUT2D eigenvalue weighted by Crippen LogP contribution is -2.32. The van der Waals surface area contributed by atoms with E-state index < -0.39 is 0 Å². The molecular weight excluding hydrogens is 250 g/mol. The van der Waals surface area contributed by atoms with Crippen molar-refractivity contribution in [3.05, 3.63) is 0 Å². The van der Waals surface area contributed by atoms with E-state index in [-0.39, 0.29) is 5.41 Å². The van der Waals surface area contributed by atoms with Gasteiger partial charge in [-0.15, -0.1) is 0 Å². The first-order valence-corrected chi connectivity index (χ1v) is 8.25. The number of nitrogens with one attached hydrogen (secondary N) is 1. The van der Waals surface area contributed by atoms with Crippen LogP contribution in [0.15, 0.2) is 5.16 Å². The molecule has 0 aromatic carbocycles. The number of hydrogen-bond acceptors (Lipinski definition) is 3. The smallest absolute Gasteiger partial charge is 0.144 e. The van der Waals surface area contributed by atoms with Crippen molar-refractivity contribution in [1.82, 2.24) is 5.32 Å². The van der Waals surface area contributed by atoms with Gasteiger partial charge in [0, 0.05) is 5.41 Å². The van der Waals surface area contributed by atoms with E-state index in [1.165, 1.54) is 38.5 Å². The number of nitrogens with zero attached hydrogens (tertiary/aromatic N) is 1. The third kappa shape index (κ3) is 6.60. The topological polar surface area (TPSA) is 70.6 Å². The molecule has 0 aliphatic heterocycles. The summed E-state index contributed by atoms with van der Waals surface area (Å²) in [5, 5.41) is 15.4. The second-order valence-corrected chi connectivity index (χ2v) is 6.87. The first-order chi connectivity index (χ1) is 9.56. The normalized spacial score (nSPS) is 18.4. The maximum absolute atomic E-state index is 8.72. The van der Waals surface area contributed by atoms with Crippen molar-refractivity contribution in [3.8, 4) is 0 Å². The van der Waals surface area contributed by atoms with E-state index in [0.717, 1.165) is 38.3 Å². The summed E-state index contributed by atoms with van der Waals surface area (Å²) >= 11 is 0. The van der Waals surface area contributed by atoms with Crippen molar-refractivity contribution in [3.63, 3.8) is 0 Å². The molecule has 4 heteroatoms. The molecule has 118 valence electrons. The lowest BCUT2D eigenvalue weighted by molar-refractivity contribution is 0.304. The minimum Gasteiger partial charge on any atom is -0.409 e. The number of amidine groups is 1. The maximum atomic E-state index is 8.72. The Morgan fingerprint density at radius 1 is 1.20 bits per heavy atom. The Hall–Kier alpha value is -0.770. The first-order valence-electron chi connectivity index (χ1n) is 8.25. The van der Waals surface area contributed by atoms with Gasteiger partial charge in [0.05, 0.1) is 0 Å². The zero-order chi connectivity index (χ0) is 14.8. The average molecular weight is 283 g/mol. The summed E-state index contributed by atoms with van der Waals surface area (Å²) in [5.74, 6) is 1.30. The van der Waals surface area contributed by atoms with Crippen LogP contribution in [0, 0.1) is 11.3 Å². The molecule has 0 heterocycles. The Balaban J connectivity index is 1.97. The molecule has 0 radical (unpaired) electrons. The number of oxime groups is 1. The molecule has 0 spiro atoms. The van der Waals surface area contributed by atoms with Gasteiger partial charge in [-0.25, -0.2) is 0 Å². The molecule has 0 atom stereocenters. The number of nitrogens with two attached hydrogens (primary N) is 1. The summed E-state index contributed by atoms with van der Waals surface area (Å²) in [5.41, 5.74) is 5.48. The van der Waals surface area contributed by atoms with E-state index >= 15 is 0 Å². The summed E-state index contributed by atoms with van der Waals surface area (Å²) in [4.78, 5) is 0. The van der Waals surface area contributed by atoms with E-state index in [0.29, 0.717) is 5.84 Å². The summed E-state index contributed by atoms with van der Waals surface area (Å²) < 4.78 is 0. The molecule has 20 heavy (non-hydrogen) atoms. The Labute approximate surface area is 124 Å². The van der Waals surface area contributed by atoms with Crippen molar-refractivity contribution in [1.29, 1.82) is 0 Å². The molecule has 0 aromatic rings. The van der Waals surface area contributed by atoms with E-state index in [2.05, 4.69) is 10.5 Å². The third-order valence-corrected chi connectivity index (χ3v) is 4.66. The fourth-order valence-electron chi connectivity index (χ4n) is 2.99. The molecule has 4 N–H and O–H groups in total. The maximum Gasteiger partial charge on any atom is 0.144 e. The van der Waals surface area contributed by atoms with Crippen molar-refractivity contribution in [2.75, 3.05) is 13.1 Å². The average Bonchev–Trinajstić information content (AvgIpc) is 2.46. The number of rotatable bonds is 9. The van der Waals surface area contributed by atoms with Gasteiger partial charge >= 0.3 is 0 Å². The summed E-state index contributed by atoms with van der Waals surface area (Å²) in [7, 11) is 0. The molecule has 1 saturated carbocycles. The quantitative estimate of drug-likeness (QED) is 0.199. The van der Waals surface area contributed by atoms with Gasteiger partial charge in [0.25, 0.3) is 0 Å². The molecule has 0 saturated heterocycles. The number of hydrogen-bond donors (Lipinski definition) is 3. The highest BCUT2D eigenvalue weighted by Gasteiger charge is 2.22. The largest absolute Gasteiger partial charge is 0.409 e. The summed E-state index contributed by atoms with van der Waals surface area (Å²) in [6, 6.07) is 0. The zero-order valence-corrected chi connectivity index (χ0v) is 13.3. The summed E-state index contributed by atoms with van der Waals surface area (Å²) in [6.07, 6.45) is 11.8. The summed E-state index contributed by atoms with van der Waals surface area (Å²) in [6.45, 7) is 6.30. The third-order valence-electron chi connectivity index (χ3n) is 4.66. The molecule has 4 nitrogen and oxygen atoms in total. The van der Waals surface area contributed by atoms with E-state index in [1.807, 2.05) is 13.8 Å². The minimum atomic E-state index is -0.198. The van der Waals surface area contributed by atoms with Gasteiger partial charge in [0.1, 0.15) is 5.84 Å². The highest BCUT2D eigenvalue weighted by atomic mass is 16.4. The van der Waals surface area contributed by atoms with Crippen LogP contribution in [0.4, 0.5) is 0 Å². The fraction of sp³-hybridized carbons (Fsp3) is 0.938. The predicted molar refractivity (Wildman–Crippen MR) is 85.1 cm³/mol. The predicted octanol–water partition coefficient (Wildman–Crippen LogP) is 3.49. The van der Waals surface area contributed by atoms with Gasteiger partial charge < -0.3 is 16.3 Å². The van der Waals surface area contributed by atoms with E-state index in [9.17, 15) is 0 Å². The van der Waals surface area contributed by atoms with Crippen molar-refractivity contribution >= 4 is 5.84 Å². The van der Waals surface area contributed by atoms with Crippen molar-refractivity contribution in [2.45, 2.75) is 71.6 Å². The van der Waals surface area contributed by atoms with Crippen LogP contribution in [0.25, 0.3) is 0 Å². The second kappa shape index (κ2) is 9.22. The van der Waals surface area contributed by atoms with Gasteiger partial charge in [0.2, 0.25) is 0 Å². The van der Waals surface area contributed by atoms with E-state index in [4.69, 9.17) is 10.9 Å². The minimum absolute atomic E-state index is 0.198. The van der Waals surface area contributed by atoms with Crippen LogP contribution >= 0.6 is 0 Å². The SMILES string of the molecule is CC(C)(CCCCNCCC1CCCCC1)C(N)=NO. The highest BCUT2D eigenvalue weighted by Crippen LogP contribution is 2.26. The van der Waals surface area contributed by atoms with Crippen LogP contribution in [0.2, 0.25) is 0 Å². The van der Waals surface area contributed by atoms with Gasteiger partial charge in [0.15, 0.2) is 0 Å². The molecule has 0 unspecified atom stereocenters. The van der Waals surface area contributed by atoms with E-state index in [1.54, 1.807) is 0 Å². The molecule has 0 aromatic heterocycles. The van der Waals surface area contributed by atoms with Crippen LogP contribution in [0.3, 0.4) is 0 Å². The van der Waals surface area contributed by atoms with Crippen LogP contribution in [-0.2, 0) is 0 Å². The Kier molecular flexibility index (Phi) is 7.97. The molecule has 0 amide bonds. The van der Waals surface area contributed by atoms with Gasteiger partial charge in [-0.2, -0.15) is 0 Å². The van der Waals surface area contributed by atoms with Crippen molar-refractivity contribution in [2.24, 2.45) is 22.2 Å². The van der Waals surface area contributed by atoms with Crippen LogP contribution < -0.4 is 11.1 Å². The molecule has 1 rings (SSSR count). The molecule has 0 bridgehead atoms. The Morgan fingerprint density at radius 3 is 2.55 bits per heavy atom. The monoisotopic (exact) mass is 283 g/mol. The molecule has 1 fully saturated rings. The lowest BCUT2D eigenvalue weighted by Gasteiger charge is -2.23. The standard InChI is InChI=1S/C16H33N3O/c1-16(2,15(17)19-20)11-6-7-12-18-13-10-14-8-4-3-5-9-14/h14,18,20H,3-13H2,1-2H3,(H2,17,19). The van der Waals surface area contributed by atoms with Crippen LogP contribution in [0.5, 0.6) is 0 Å². The lowest BCUT2D eigenvalue weighted by atomic mass is 9.86. The highest BCUT2D eigenvalue weighted by molar-refractivity contribution is 5.85. The Bertz CT molecular complexity index is 283. The second-order valence-electron chi connectivity index (χ2n) is 6.87. The molecule has 1 aliphatic carbocycles.